The summed E-state index contributed by atoms with van der Waals surface area (Å²) in [5, 5.41) is 8.78. The van der Waals surface area contributed by atoms with Crippen molar-refractivity contribution in [2.45, 2.75) is 25.4 Å². The Bertz CT molecular complexity index is 820. The number of carbonyl (C=O) groups is 1. The molecule has 0 radical (unpaired) electrons. The summed E-state index contributed by atoms with van der Waals surface area (Å²) >= 11 is 0. The van der Waals surface area contributed by atoms with Crippen LogP contribution in [0.1, 0.15) is 35.7 Å². The van der Waals surface area contributed by atoms with Crippen molar-refractivity contribution in [2.75, 3.05) is 26.4 Å². The Balaban J connectivity index is 1.35. The van der Waals surface area contributed by atoms with E-state index >= 15 is 0 Å². The predicted octanol–water partition coefficient (Wildman–Crippen LogP) is 3.74. The standard InChI is InChI=1S/C22H23NO5/c1-22(16-27-22)15-25-12-2-3-13-26-19-10-6-18(7-11-19)21(24)28-20-8-4-17(14-23)5-9-20/h4-11H,2-3,12-13,15-16H2,1H3. The molecule has 28 heavy (non-hydrogen) atoms. The zero-order valence-electron chi connectivity index (χ0n) is 15.8. The second-order valence-electron chi connectivity index (χ2n) is 6.90. The molecule has 0 spiro atoms. The van der Waals surface area contributed by atoms with Gasteiger partial charge in [0.1, 0.15) is 17.1 Å². The van der Waals surface area contributed by atoms with Gasteiger partial charge in [-0.1, -0.05) is 0 Å². The van der Waals surface area contributed by atoms with Crippen LogP contribution in [0.25, 0.3) is 0 Å². The van der Waals surface area contributed by atoms with Crippen LogP contribution in [-0.4, -0.2) is 38.0 Å². The third-order valence-electron chi connectivity index (χ3n) is 4.28. The predicted molar refractivity (Wildman–Crippen MR) is 102 cm³/mol. The van der Waals surface area contributed by atoms with Gasteiger partial charge < -0.3 is 18.9 Å². The van der Waals surface area contributed by atoms with Crippen molar-refractivity contribution in [1.82, 2.24) is 0 Å². The maximum Gasteiger partial charge on any atom is 0.343 e. The molecule has 1 aliphatic rings. The molecule has 1 heterocycles. The Morgan fingerprint density at radius 1 is 1.07 bits per heavy atom. The molecule has 1 saturated heterocycles. The van der Waals surface area contributed by atoms with Crippen molar-refractivity contribution in [1.29, 1.82) is 5.26 Å². The van der Waals surface area contributed by atoms with Gasteiger partial charge in [0.15, 0.2) is 0 Å². The molecule has 0 N–H and O–H groups in total. The van der Waals surface area contributed by atoms with Crippen LogP contribution in [0.15, 0.2) is 48.5 Å². The molecule has 2 aromatic carbocycles. The number of hydrogen-bond acceptors (Lipinski definition) is 6. The van der Waals surface area contributed by atoms with Crippen molar-refractivity contribution in [3.63, 3.8) is 0 Å². The van der Waals surface area contributed by atoms with Gasteiger partial charge in [0.2, 0.25) is 0 Å². The van der Waals surface area contributed by atoms with E-state index in [1.165, 1.54) is 0 Å². The van der Waals surface area contributed by atoms with Crippen molar-refractivity contribution >= 4 is 5.97 Å². The van der Waals surface area contributed by atoms with Crippen LogP contribution in [0.4, 0.5) is 0 Å². The van der Waals surface area contributed by atoms with E-state index in [4.69, 9.17) is 24.2 Å². The summed E-state index contributed by atoms with van der Waals surface area (Å²) in [6.07, 6.45) is 1.81. The van der Waals surface area contributed by atoms with E-state index in [-0.39, 0.29) is 5.60 Å². The number of carbonyl (C=O) groups excluding carboxylic acids is 1. The average molecular weight is 381 g/mol. The largest absolute Gasteiger partial charge is 0.494 e. The summed E-state index contributed by atoms with van der Waals surface area (Å²) in [5.41, 5.74) is 0.888. The lowest BCUT2D eigenvalue weighted by Gasteiger charge is -2.09. The van der Waals surface area contributed by atoms with Crippen LogP contribution in [0, 0.1) is 11.3 Å². The van der Waals surface area contributed by atoms with Crippen LogP contribution in [-0.2, 0) is 9.47 Å². The second kappa shape index (κ2) is 9.36. The van der Waals surface area contributed by atoms with Gasteiger partial charge in [-0.2, -0.15) is 5.26 Å². The number of nitrogens with zero attached hydrogens (tertiary/aromatic N) is 1. The molecule has 3 rings (SSSR count). The fourth-order valence-corrected chi connectivity index (χ4v) is 2.44. The molecule has 6 nitrogen and oxygen atoms in total. The summed E-state index contributed by atoms with van der Waals surface area (Å²) in [4.78, 5) is 12.2. The van der Waals surface area contributed by atoms with E-state index in [0.717, 1.165) is 19.4 Å². The third-order valence-corrected chi connectivity index (χ3v) is 4.28. The quantitative estimate of drug-likeness (QED) is 0.270. The number of ether oxygens (including phenoxy) is 4. The Morgan fingerprint density at radius 3 is 2.36 bits per heavy atom. The summed E-state index contributed by atoms with van der Waals surface area (Å²) in [6.45, 7) is 4.76. The van der Waals surface area contributed by atoms with Gasteiger partial charge in [0, 0.05) is 6.61 Å². The molecule has 1 fully saturated rings. The highest BCUT2D eigenvalue weighted by Gasteiger charge is 2.39. The van der Waals surface area contributed by atoms with Crippen LogP contribution >= 0.6 is 0 Å². The zero-order chi connectivity index (χ0) is 19.8. The molecular weight excluding hydrogens is 358 g/mol. The van der Waals surface area contributed by atoms with E-state index in [2.05, 4.69) is 0 Å². The minimum Gasteiger partial charge on any atom is -0.494 e. The fourth-order valence-electron chi connectivity index (χ4n) is 2.44. The molecule has 146 valence electrons. The molecule has 0 aromatic heterocycles. The number of hydrogen-bond donors (Lipinski definition) is 0. The topological polar surface area (TPSA) is 81.1 Å². The van der Waals surface area contributed by atoms with Crippen LogP contribution in [0.5, 0.6) is 11.5 Å². The minimum absolute atomic E-state index is 0.0561. The molecule has 1 unspecified atom stereocenters. The first kappa shape index (κ1) is 19.9. The van der Waals surface area contributed by atoms with E-state index in [0.29, 0.717) is 42.4 Å². The number of unbranched alkanes of at least 4 members (excludes halogenated alkanes) is 1. The van der Waals surface area contributed by atoms with Gasteiger partial charge in [-0.05, 0) is 68.3 Å². The molecule has 0 amide bonds. The minimum atomic E-state index is -0.457. The first-order chi connectivity index (χ1) is 13.6. The summed E-state index contributed by atoms with van der Waals surface area (Å²) in [6, 6.07) is 15.2. The number of epoxide rings is 1. The lowest BCUT2D eigenvalue weighted by molar-refractivity contribution is 0.0734. The fraction of sp³-hybridized carbons (Fsp3) is 0.364. The van der Waals surface area contributed by atoms with Crippen molar-refractivity contribution in [3.05, 3.63) is 59.7 Å². The lowest BCUT2D eigenvalue weighted by Crippen LogP contribution is -2.15. The van der Waals surface area contributed by atoms with E-state index in [1.807, 2.05) is 13.0 Å². The third kappa shape index (κ3) is 6.08. The smallest absolute Gasteiger partial charge is 0.343 e. The van der Waals surface area contributed by atoms with Gasteiger partial charge in [0.25, 0.3) is 0 Å². The summed E-state index contributed by atoms with van der Waals surface area (Å²) in [7, 11) is 0. The average Bonchev–Trinajstić information content (AvgIpc) is 3.45. The zero-order valence-corrected chi connectivity index (χ0v) is 15.8. The van der Waals surface area contributed by atoms with Gasteiger partial charge >= 0.3 is 5.97 Å². The van der Waals surface area contributed by atoms with E-state index < -0.39 is 5.97 Å². The normalized spacial score (nSPS) is 17.6. The molecule has 2 aromatic rings. The summed E-state index contributed by atoms with van der Waals surface area (Å²) in [5.74, 6) is 0.644. The molecular formula is C22H23NO5. The van der Waals surface area contributed by atoms with Crippen LogP contribution < -0.4 is 9.47 Å². The van der Waals surface area contributed by atoms with E-state index in [1.54, 1.807) is 48.5 Å². The molecule has 6 heteroatoms. The van der Waals surface area contributed by atoms with Crippen molar-refractivity contribution < 1.29 is 23.7 Å². The Labute approximate surface area is 164 Å². The Kier molecular flexibility index (Phi) is 6.64. The monoisotopic (exact) mass is 381 g/mol. The molecule has 1 atom stereocenters. The van der Waals surface area contributed by atoms with Crippen molar-refractivity contribution in [2.24, 2.45) is 0 Å². The Morgan fingerprint density at radius 2 is 1.71 bits per heavy atom. The summed E-state index contributed by atoms with van der Waals surface area (Å²) < 4.78 is 21.8. The maximum absolute atomic E-state index is 12.2. The number of benzene rings is 2. The maximum atomic E-state index is 12.2. The van der Waals surface area contributed by atoms with Crippen LogP contribution in [0.2, 0.25) is 0 Å². The first-order valence-electron chi connectivity index (χ1n) is 9.25. The van der Waals surface area contributed by atoms with Crippen LogP contribution in [0.3, 0.4) is 0 Å². The number of rotatable bonds is 10. The highest BCUT2D eigenvalue weighted by Crippen LogP contribution is 2.25. The Hall–Kier alpha value is -2.88. The van der Waals surface area contributed by atoms with Gasteiger partial charge in [0.05, 0.1) is 37.0 Å². The van der Waals surface area contributed by atoms with Crippen molar-refractivity contribution in [3.8, 4) is 17.6 Å². The van der Waals surface area contributed by atoms with E-state index in [9.17, 15) is 4.79 Å². The molecule has 0 aliphatic carbocycles. The lowest BCUT2D eigenvalue weighted by atomic mass is 10.2. The molecule has 0 saturated carbocycles. The number of esters is 1. The molecule has 1 aliphatic heterocycles. The van der Waals surface area contributed by atoms with Gasteiger partial charge in [-0.3, -0.25) is 0 Å². The second-order valence-corrected chi connectivity index (χ2v) is 6.90. The van der Waals surface area contributed by atoms with Gasteiger partial charge in [-0.15, -0.1) is 0 Å². The highest BCUT2D eigenvalue weighted by molar-refractivity contribution is 5.91. The number of nitriles is 1. The highest BCUT2D eigenvalue weighted by atomic mass is 16.6. The molecule has 0 bridgehead atoms. The van der Waals surface area contributed by atoms with Gasteiger partial charge in [-0.25, -0.2) is 4.79 Å². The first-order valence-corrected chi connectivity index (χ1v) is 9.25. The SMILES string of the molecule is CC1(COCCCCOc2ccc(C(=O)Oc3ccc(C#N)cc3)cc2)CO1.